The lowest BCUT2D eigenvalue weighted by Gasteiger charge is -2.09. The van der Waals surface area contributed by atoms with Gasteiger partial charge in [-0.25, -0.2) is 9.78 Å². The van der Waals surface area contributed by atoms with Crippen molar-refractivity contribution in [1.82, 2.24) is 30.5 Å². The first-order valence-electron chi connectivity index (χ1n) is 11.9. The van der Waals surface area contributed by atoms with Gasteiger partial charge in [0.05, 0.1) is 27.7 Å². The highest BCUT2D eigenvalue weighted by molar-refractivity contribution is 7.17. The molecule has 36 heavy (non-hydrogen) atoms. The number of rotatable bonds is 10. The molecule has 11 nitrogen and oxygen atoms in total. The lowest BCUT2D eigenvalue weighted by atomic mass is 10.2. The summed E-state index contributed by atoms with van der Waals surface area (Å²) >= 11 is 1.36. The van der Waals surface area contributed by atoms with E-state index in [-0.39, 0.29) is 17.7 Å². The lowest BCUT2D eigenvalue weighted by Crippen LogP contribution is -2.24. The predicted molar refractivity (Wildman–Crippen MR) is 136 cm³/mol. The number of anilines is 1. The number of fused-ring (bicyclic) bond motifs is 1. The van der Waals surface area contributed by atoms with E-state index in [0.717, 1.165) is 30.0 Å². The molecule has 0 spiro atoms. The van der Waals surface area contributed by atoms with Crippen LogP contribution in [0.1, 0.15) is 48.3 Å². The standard InChI is InChI=1S/C24H27N7O4S/c1-13(2)35-9-3-8-25-23(33)19-7-6-18(36-19)16-11-20(27-15-4-5-15)31-21(28-16)14(12-26-31)10-17-22(32)30-24(34)29-17/h6-7,10-13,15,27H,3-5,8-9H2,1-2H3,(H,25,33)(H2,29,30,32,34)/b17-10-. The van der Waals surface area contributed by atoms with Gasteiger partial charge in [-0.1, -0.05) is 0 Å². The van der Waals surface area contributed by atoms with Crippen molar-refractivity contribution >= 4 is 46.7 Å². The van der Waals surface area contributed by atoms with Gasteiger partial charge in [-0.05, 0) is 51.3 Å². The minimum atomic E-state index is -0.565. The molecule has 0 radical (unpaired) electrons. The van der Waals surface area contributed by atoms with Crippen molar-refractivity contribution in [2.45, 2.75) is 45.3 Å². The van der Waals surface area contributed by atoms with Crippen LogP contribution >= 0.6 is 11.3 Å². The van der Waals surface area contributed by atoms with Gasteiger partial charge >= 0.3 is 6.03 Å². The molecule has 5 rings (SSSR count). The molecule has 4 heterocycles. The summed E-state index contributed by atoms with van der Waals surface area (Å²) in [7, 11) is 0. The summed E-state index contributed by atoms with van der Waals surface area (Å²) < 4.78 is 7.19. The molecule has 3 aromatic rings. The summed E-state index contributed by atoms with van der Waals surface area (Å²) in [5.41, 5.74) is 1.93. The zero-order valence-corrected chi connectivity index (χ0v) is 20.8. The summed E-state index contributed by atoms with van der Waals surface area (Å²) in [6.07, 6.45) is 6.23. The third-order valence-electron chi connectivity index (χ3n) is 5.59. The molecular formula is C24H27N7O4S. The van der Waals surface area contributed by atoms with E-state index in [0.29, 0.717) is 41.0 Å². The van der Waals surface area contributed by atoms with Gasteiger partial charge in [-0.15, -0.1) is 11.3 Å². The highest BCUT2D eigenvalue weighted by atomic mass is 32.1. The number of imide groups is 1. The van der Waals surface area contributed by atoms with Gasteiger partial charge < -0.3 is 20.7 Å². The molecule has 1 saturated heterocycles. The van der Waals surface area contributed by atoms with E-state index >= 15 is 0 Å². The fourth-order valence-electron chi connectivity index (χ4n) is 3.66. The van der Waals surface area contributed by atoms with E-state index in [4.69, 9.17) is 9.72 Å². The largest absolute Gasteiger partial charge is 0.379 e. The highest BCUT2D eigenvalue weighted by Crippen LogP contribution is 2.32. The molecule has 1 aliphatic carbocycles. The summed E-state index contributed by atoms with van der Waals surface area (Å²) in [6.45, 7) is 5.10. The van der Waals surface area contributed by atoms with E-state index < -0.39 is 11.9 Å². The van der Waals surface area contributed by atoms with Crippen molar-refractivity contribution in [3.63, 3.8) is 0 Å². The molecule has 4 N–H and O–H groups in total. The monoisotopic (exact) mass is 509 g/mol. The lowest BCUT2D eigenvalue weighted by molar-refractivity contribution is -0.115. The molecule has 2 fully saturated rings. The minimum Gasteiger partial charge on any atom is -0.379 e. The number of urea groups is 1. The Morgan fingerprint density at radius 1 is 1.31 bits per heavy atom. The number of nitrogens with zero attached hydrogens (tertiary/aromatic N) is 3. The van der Waals surface area contributed by atoms with E-state index in [1.165, 1.54) is 11.3 Å². The number of nitrogens with one attached hydrogen (secondary N) is 4. The van der Waals surface area contributed by atoms with Crippen LogP contribution in [0.4, 0.5) is 10.6 Å². The molecule has 4 amide bonds. The first-order chi connectivity index (χ1) is 17.4. The van der Waals surface area contributed by atoms with Crippen molar-refractivity contribution in [1.29, 1.82) is 0 Å². The molecule has 1 saturated carbocycles. The number of hydrogen-bond donors (Lipinski definition) is 4. The first kappa shape index (κ1) is 23.9. The molecule has 1 aliphatic heterocycles. The maximum Gasteiger partial charge on any atom is 0.326 e. The van der Waals surface area contributed by atoms with Crippen LogP contribution < -0.4 is 21.3 Å². The Morgan fingerprint density at radius 2 is 2.14 bits per heavy atom. The Balaban J connectivity index is 1.40. The molecule has 0 unspecified atom stereocenters. The second kappa shape index (κ2) is 10.1. The Morgan fingerprint density at radius 3 is 2.86 bits per heavy atom. The van der Waals surface area contributed by atoms with Crippen LogP contribution in [0.2, 0.25) is 0 Å². The van der Waals surface area contributed by atoms with Gasteiger partial charge in [-0.3, -0.25) is 14.9 Å². The number of carbonyl (C=O) groups is 3. The normalized spacial score (nSPS) is 16.6. The molecule has 0 bridgehead atoms. The summed E-state index contributed by atoms with van der Waals surface area (Å²) in [4.78, 5) is 42.3. The number of carbonyl (C=O) groups excluding carboxylic acids is 3. The molecular weight excluding hydrogens is 482 g/mol. The molecule has 12 heteroatoms. The zero-order valence-electron chi connectivity index (χ0n) is 20.0. The van der Waals surface area contributed by atoms with Gasteiger partial charge in [0.25, 0.3) is 11.8 Å². The quantitative estimate of drug-likeness (QED) is 0.187. The Kier molecular flexibility index (Phi) is 6.70. The Bertz CT molecular complexity index is 1360. The van der Waals surface area contributed by atoms with Gasteiger partial charge in [0.2, 0.25) is 0 Å². The van der Waals surface area contributed by atoms with Gasteiger partial charge in [0, 0.05) is 30.8 Å². The Labute approximate surface area is 211 Å². The van der Waals surface area contributed by atoms with Crippen molar-refractivity contribution in [3.05, 3.63) is 40.5 Å². The minimum absolute atomic E-state index is 0.132. The predicted octanol–water partition coefficient (Wildman–Crippen LogP) is 2.76. The number of hydrogen-bond acceptors (Lipinski definition) is 8. The van der Waals surface area contributed by atoms with Crippen molar-refractivity contribution in [2.24, 2.45) is 0 Å². The SMILES string of the molecule is CC(C)OCCCNC(=O)c1ccc(-c2cc(NC3CC3)n3ncc(/C=C4\NC(=O)NC4=O)c3n2)s1. The Hall–Kier alpha value is -3.77. The van der Waals surface area contributed by atoms with Gasteiger partial charge in [0.1, 0.15) is 11.5 Å². The van der Waals surface area contributed by atoms with Crippen LogP contribution in [0.15, 0.2) is 30.1 Å². The molecule has 2 aliphatic rings. The summed E-state index contributed by atoms with van der Waals surface area (Å²) in [6, 6.07) is 5.39. The number of ether oxygens (including phenoxy) is 1. The fourth-order valence-corrected chi connectivity index (χ4v) is 4.55. The van der Waals surface area contributed by atoms with Crippen LogP contribution in [-0.2, 0) is 9.53 Å². The second-order valence-corrected chi connectivity index (χ2v) is 10.0. The van der Waals surface area contributed by atoms with Crippen LogP contribution in [0.5, 0.6) is 0 Å². The van der Waals surface area contributed by atoms with Crippen LogP contribution in [-0.4, -0.2) is 57.7 Å². The maximum atomic E-state index is 12.6. The first-order valence-corrected chi connectivity index (χ1v) is 12.7. The molecule has 0 atom stereocenters. The van der Waals surface area contributed by atoms with E-state index in [2.05, 4.69) is 26.4 Å². The fraction of sp³-hybridized carbons (Fsp3) is 0.375. The van der Waals surface area contributed by atoms with Crippen molar-refractivity contribution in [3.8, 4) is 10.6 Å². The number of aromatic nitrogens is 3. The number of amides is 4. The topological polar surface area (TPSA) is 139 Å². The third kappa shape index (κ3) is 5.39. The zero-order chi connectivity index (χ0) is 25.2. The smallest absolute Gasteiger partial charge is 0.326 e. The summed E-state index contributed by atoms with van der Waals surface area (Å²) in [5.74, 6) is 0.133. The van der Waals surface area contributed by atoms with E-state index in [9.17, 15) is 14.4 Å². The molecule has 3 aromatic heterocycles. The number of thiophene rings is 1. The molecule has 0 aromatic carbocycles. The van der Waals surface area contributed by atoms with E-state index in [1.807, 2.05) is 26.0 Å². The third-order valence-corrected chi connectivity index (χ3v) is 6.69. The second-order valence-electron chi connectivity index (χ2n) is 8.94. The van der Waals surface area contributed by atoms with Crippen molar-refractivity contribution in [2.75, 3.05) is 18.5 Å². The maximum absolute atomic E-state index is 12.6. The average Bonchev–Trinajstić information content (AvgIpc) is 3.22. The van der Waals surface area contributed by atoms with Crippen LogP contribution in [0, 0.1) is 0 Å². The van der Waals surface area contributed by atoms with Crippen LogP contribution in [0.25, 0.3) is 22.3 Å². The average molecular weight is 510 g/mol. The molecule has 188 valence electrons. The van der Waals surface area contributed by atoms with Crippen LogP contribution in [0.3, 0.4) is 0 Å². The van der Waals surface area contributed by atoms with E-state index in [1.54, 1.807) is 22.9 Å². The van der Waals surface area contributed by atoms with Gasteiger partial charge in [-0.2, -0.15) is 9.61 Å². The van der Waals surface area contributed by atoms with Crippen molar-refractivity contribution < 1.29 is 19.1 Å². The summed E-state index contributed by atoms with van der Waals surface area (Å²) in [5, 5.41) is 15.5. The van der Waals surface area contributed by atoms with Gasteiger partial charge in [0.15, 0.2) is 5.65 Å². The highest BCUT2D eigenvalue weighted by Gasteiger charge is 2.25.